The van der Waals surface area contributed by atoms with E-state index in [1.54, 1.807) is 6.92 Å². The van der Waals surface area contributed by atoms with Crippen molar-refractivity contribution < 1.29 is 5.11 Å². The topological polar surface area (TPSA) is 23.5 Å². The first-order valence-corrected chi connectivity index (χ1v) is 7.04. The Hall–Kier alpha value is -0.540. The molecule has 1 N–H and O–H groups in total. The third-order valence-corrected chi connectivity index (χ3v) is 3.92. The van der Waals surface area contributed by atoms with Crippen molar-refractivity contribution in [2.24, 2.45) is 0 Å². The summed E-state index contributed by atoms with van der Waals surface area (Å²) in [5.41, 5.74) is 2.15. The number of anilines is 1. The monoisotopic (exact) mass is 299 g/mol. The van der Waals surface area contributed by atoms with E-state index in [-0.39, 0.29) is 0 Å². The molecule has 0 amide bonds. The standard InChI is InChI=1S/C14H22BrNO/c1-5-10(3)16(6-2)12-7-8-13(11(4)17)14(15)9-12/h7-11,17H,5-6H2,1-4H3/t10?,11-/m0/s1. The number of nitrogens with zero attached hydrogens (tertiary/aromatic N) is 1. The molecule has 2 atom stereocenters. The largest absolute Gasteiger partial charge is 0.389 e. The maximum absolute atomic E-state index is 9.60. The van der Waals surface area contributed by atoms with E-state index in [0.717, 1.165) is 23.0 Å². The van der Waals surface area contributed by atoms with Crippen molar-refractivity contribution in [2.45, 2.75) is 46.3 Å². The van der Waals surface area contributed by atoms with E-state index in [1.807, 2.05) is 6.07 Å². The molecule has 2 nitrogen and oxygen atoms in total. The highest BCUT2D eigenvalue weighted by Crippen LogP contribution is 2.29. The Balaban J connectivity index is 3.03. The predicted molar refractivity (Wildman–Crippen MR) is 77.5 cm³/mol. The zero-order valence-corrected chi connectivity index (χ0v) is 12.7. The van der Waals surface area contributed by atoms with Crippen molar-refractivity contribution in [1.82, 2.24) is 0 Å². The van der Waals surface area contributed by atoms with Gasteiger partial charge in [0.2, 0.25) is 0 Å². The van der Waals surface area contributed by atoms with Gasteiger partial charge >= 0.3 is 0 Å². The molecular weight excluding hydrogens is 278 g/mol. The van der Waals surface area contributed by atoms with Crippen LogP contribution in [-0.4, -0.2) is 17.7 Å². The zero-order valence-electron chi connectivity index (χ0n) is 11.1. The summed E-state index contributed by atoms with van der Waals surface area (Å²) < 4.78 is 0.978. The lowest BCUT2D eigenvalue weighted by atomic mass is 10.1. The normalized spacial score (nSPS) is 14.5. The number of rotatable bonds is 5. The third kappa shape index (κ3) is 3.46. The molecule has 0 spiro atoms. The predicted octanol–water partition coefficient (Wildman–Crippen LogP) is 4.13. The average Bonchev–Trinajstić information content (AvgIpc) is 2.29. The van der Waals surface area contributed by atoms with Crippen LogP contribution >= 0.6 is 15.9 Å². The van der Waals surface area contributed by atoms with Gasteiger partial charge in [0, 0.05) is 22.7 Å². The van der Waals surface area contributed by atoms with Crippen LogP contribution < -0.4 is 4.90 Å². The van der Waals surface area contributed by atoms with Gasteiger partial charge in [-0.3, -0.25) is 0 Å². The van der Waals surface area contributed by atoms with E-state index in [4.69, 9.17) is 0 Å². The van der Waals surface area contributed by atoms with Crippen LogP contribution in [0, 0.1) is 0 Å². The molecule has 1 aromatic carbocycles. The van der Waals surface area contributed by atoms with Crippen LogP contribution in [0.25, 0.3) is 0 Å². The molecule has 1 unspecified atom stereocenters. The molecule has 96 valence electrons. The third-order valence-electron chi connectivity index (χ3n) is 3.23. The SMILES string of the molecule is CCC(C)N(CC)c1ccc([C@H](C)O)c(Br)c1. The fraction of sp³-hybridized carbons (Fsp3) is 0.571. The van der Waals surface area contributed by atoms with Gasteiger partial charge in [0.25, 0.3) is 0 Å². The summed E-state index contributed by atoms with van der Waals surface area (Å²) in [6.45, 7) is 9.39. The van der Waals surface area contributed by atoms with E-state index in [9.17, 15) is 5.11 Å². The van der Waals surface area contributed by atoms with Crippen molar-refractivity contribution >= 4 is 21.6 Å². The Morgan fingerprint density at radius 2 is 1.94 bits per heavy atom. The fourth-order valence-electron chi connectivity index (χ4n) is 2.00. The summed E-state index contributed by atoms with van der Waals surface area (Å²) in [5, 5.41) is 9.60. The van der Waals surface area contributed by atoms with E-state index < -0.39 is 6.10 Å². The number of halogens is 1. The fourth-order valence-corrected chi connectivity index (χ4v) is 2.70. The van der Waals surface area contributed by atoms with Crippen LogP contribution in [0.1, 0.15) is 45.8 Å². The van der Waals surface area contributed by atoms with Crippen LogP contribution in [-0.2, 0) is 0 Å². The van der Waals surface area contributed by atoms with Gasteiger partial charge in [0.15, 0.2) is 0 Å². The minimum absolute atomic E-state index is 0.433. The van der Waals surface area contributed by atoms with Crippen LogP contribution in [0.5, 0.6) is 0 Å². The van der Waals surface area contributed by atoms with Gasteiger partial charge in [-0.25, -0.2) is 0 Å². The van der Waals surface area contributed by atoms with Gasteiger partial charge in [0.05, 0.1) is 6.10 Å². The second kappa shape index (κ2) is 6.41. The molecule has 1 rings (SSSR count). The number of benzene rings is 1. The smallest absolute Gasteiger partial charge is 0.0772 e. The Bertz CT molecular complexity index is 365. The summed E-state index contributed by atoms with van der Waals surface area (Å²) in [5.74, 6) is 0. The maximum atomic E-state index is 9.60. The van der Waals surface area contributed by atoms with Gasteiger partial charge in [0.1, 0.15) is 0 Å². The highest BCUT2D eigenvalue weighted by Gasteiger charge is 2.13. The number of aliphatic hydroxyl groups excluding tert-OH is 1. The van der Waals surface area contributed by atoms with Gasteiger partial charge < -0.3 is 10.0 Å². The second-order valence-corrected chi connectivity index (χ2v) is 5.28. The lowest BCUT2D eigenvalue weighted by molar-refractivity contribution is 0.198. The summed E-state index contributed by atoms with van der Waals surface area (Å²) in [6.07, 6.45) is 0.695. The molecule has 0 radical (unpaired) electrons. The summed E-state index contributed by atoms with van der Waals surface area (Å²) in [4.78, 5) is 2.37. The molecule has 0 saturated heterocycles. The quantitative estimate of drug-likeness (QED) is 0.884. The molecule has 0 aliphatic rings. The molecule has 0 saturated carbocycles. The van der Waals surface area contributed by atoms with Crippen molar-refractivity contribution in [2.75, 3.05) is 11.4 Å². The van der Waals surface area contributed by atoms with Gasteiger partial charge in [-0.05, 0) is 44.9 Å². The first-order valence-electron chi connectivity index (χ1n) is 6.25. The van der Waals surface area contributed by atoms with E-state index in [0.29, 0.717) is 6.04 Å². The Morgan fingerprint density at radius 1 is 1.29 bits per heavy atom. The van der Waals surface area contributed by atoms with Crippen LogP contribution in [0.2, 0.25) is 0 Å². The van der Waals surface area contributed by atoms with Crippen molar-refractivity contribution in [3.8, 4) is 0 Å². The highest BCUT2D eigenvalue weighted by atomic mass is 79.9. The van der Waals surface area contributed by atoms with E-state index >= 15 is 0 Å². The number of hydrogen-bond acceptors (Lipinski definition) is 2. The average molecular weight is 300 g/mol. The molecule has 1 aromatic rings. The minimum Gasteiger partial charge on any atom is -0.389 e. The van der Waals surface area contributed by atoms with Gasteiger partial charge in [-0.1, -0.05) is 28.9 Å². The second-order valence-electron chi connectivity index (χ2n) is 4.43. The number of aliphatic hydroxyl groups is 1. The molecular formula is C14H22BrNO. The first-order chi connectivity index (χ1) is 8.01. The molecule has 0 heterocycles. The van der Waals surface area contributed by atoms with Crippen molar-refractivity contribution in [1.29, 1.82) is 0 Å². The first kappa shape index (κ1) is 14.5. The summed E-state index contributed by atoms with van der Waals surface area (Å²) in [7, 11) is 0. The van der Waals surface area contributed by atoms with Crippen LogP contribution in [0.3, 0.4) is 0 Å². The molecule has 17 heavy (non-hydrogen) atoms. The highest BCUT2D eigenvalue weighted by molar-refractivity contribution is 9.10. The molecule has 0 fully saturated rings. The molecule has 3 heteroatoms. The lowest BCUT2D eigenvalue weighted by Gasteiger charge is -2.30. The van der Waals surface area contributed by atoms with E-state index in [2.05, 4.69) is 53.7 Å². The molecule has 0 aliphatic carbocycles. The summed E-state index contributed by atoms with van der Waals surface area (Å²) >= 11 is 3.53. The lowest BCUT2D eigenvalue weighted by Crippen LogP contribution is -2.32. The Kier molecular flexibility index (Phi) is 5.47. The molecule has 0 aromatic heterocycles. The summed E-state index contributed by atoms with van der Waals surface area (Å²) in [6, 6.07) is 6.71. The van der Waals surface area contributed by atoms with Gasteiger partial charge in [-0.15, -0.1) is 0 Å². The van der Waals surface area contributed by atoms with Crippen molar-refractivity contribution in [3.05, 3.63) is 28.2 Å². The van der Waals surface area contributed by atoms with Crippen LogP contribution in [0.4, 0.5) is 5.69 Å². The maximum Gasteiger partial charge on any atom is 0.0772 e. The number of hydrogen-bond donors (Lipinski definition) is 1. The molecule has 0 bridgehead atoms. The Labute approximate surface area is 113 Å². The minimum atomic E-state index is -0.433. The van der Waals surface area contributed by atoms with Crippen LogP contribution in [0.15, 0.2) is 22.7 Å². The zero-order chi connectivity index (χ0) is 13.0. The van der Waals surface area contributed by atoms with Gasteiger partial charge in [-0.2, -0.15) is 0 Å². The Morgan fingerprint density at radius 3 is 2.35 bits per heavy atom. The van der Waals surface area contributed by atoms with Crippen molar-refractivity contribution in [3.63, 3.8) is 0 Å². The molecule has 0 aliphatic heterocycles. The van der Waals surface area contributed by atoms with E-state index in [1.165, 1.54) is 5.69 Å².